The number of benzene rings is 1. The van der Waals surface area contributed by atoms with Gasteiger partial charge in [-0.2, -0.15) is 0 Å². The number of hydrogen-bond donors (Lipinski definition) is 1. The number of aliphatic hydroxyl groups is 1. The second-order valence-electron chi connectivity index (χ2n) is 5.92. The first-order chi connectivity index (χ1) is 10.1. The van der Waals surface area contributed by atoms with E-state index < -0.39 is 5.60 Å². The molecule has 1 heterocycles. The first kappa shape index (κ1) is 16.1. The molecule has 4 heteroatoms. The lowest BCUT2D eigenvalue weighted by Crippen LogP contribution is -2.31. The van der Waals surface area contributed by atoms with Gasteiger partial charge in [-0.3, -0.25) is 4.90 Å². The molecule has 1 atom stereocenters. The Labute approximate surface area is 127 Å². The molecule has 1 unspecified atom stereocenters. The zero-order valence-electron chi connectivity index (χ0n) is 13.2. The molecule has 1 fully saturated rings. The maximum atomic E-state index is 10.1. The smallest absolute Gasteiger partial charge is 0.161 e. The lowest BCUT2D eigenvalue weighted by molar-refractivity contribution is 0.0442. The van der Waals surface area contributed by atoms with E-state index in [9.17, 15) is 5.11 Å². The van der Waals surface area contributed by atoms with Gasteiger partial charge < -0.3 is 14.6 Å². The normalized spacial score (nSPS) is 23.6. The molecule has 1 saturated heterocycles. The van der Waals surface area contributed by atoms with Crippen molar-refractivity contribution >= 4 is 0 Å². The Hall–Kier alpha value is -1.26. The quantitative estimate of drug-likeness (QED) is 0.875. The van der Waals surface area contributed by atoms with Gasteiger partial charge in [0, 0.05) is 13.1 Å². The number of likely N-dealkylation sites (tertiary alicyclic amines) is 1. The molecule has 2 rings (SSSR count). The summed E-state index contributed by atoms with van der Waals surface area (Å²) in [7, 11) is 0. The van der Waals surface area contributed by atoms with E-state index in [1.54, 1.807) is 0 Å². The van der Waals surface area contributed by atoms with Crippen molar-refractivity contribution in [3.05, 3.63) is 24.3 Å². The summed E-state index contributed by atoms with van der Waals surface area (Å²) in [5.74, 6) is 1.61. The van der Waals surface area contributed by atoms with Gasteiger partial charge in [0.2, 0.25) is 0 Å². The van der Waals surface area contributed by atoms with Gasteiger partial charge >= 0.3 is 0 Å². The molecule has 0 aliphatic carbocycles. The number of hydrogen-bond acceptors (Lipinski definition) is 4. The molecule has 118 valence electrons. The minimum Gasteiger partial charge on any atom is -0.490 e. The van der Waals surface area contributed by atoms with Gasteiger partial charge in [-0.05, 0) is 51.8 Å². The van der Waals surface area contributed by atoms with E-state index in [0.717, 1.165) is 50.4 Å². The van der Waals surface area contributed by atoms with E-state index in [2.05, 4.69) is 4.90 Å². The van der Waals surface area contributed by atoms with Crippen molar-refractivity contribution in [3.63, 3.8) is 0 Å². The van der Waals surface area contributed by atoms with Crippen LogP contribution in [-0.4, -0.2) is 48.5 Å². The standard InChI is InChI=1S/C17H27NO3/c1-3-20-15-7-4-5-8-16(15)21-14-13-18-11-6-9-17(2,19)10-12-18/h4-5,7-8,19H,3,6,9-14H2,1-2H3. The number of para-hydroxylation sites is 2. The lowest BCUT2D eigenvalue weighted by Gasteiger charge is -2.22. The van der Waals surface area contributed by atoms with E-state index in [1.807, 2.05) is 38.1 Å². The van der Waals surface area contributed by atoms with Crippen molar-refractivity contribution in [2.24, 2.45) is 0 Å². The molecular weight excluding hydrogens is 266 g/mol. The third kappa shape index (κ3) is 5.21. The summed E-state index contributed by atoms with van der Waals surface area (Å²) in [5, 5.41) is 10.1. The highest BCUT2D eigenvalue weighted by molar-refractivity contribution is 5.39. The average Bonchev–Trinajstić information content (AvgIpc) is 2.62. The minimum absolute atomic E-state index is 0.503. The van der Waals surface area contributed by atoms with E-state index >= 15 is 0 Å². The van der Waals surface area contributed by atoms with Gasteiger partial charge in [0.15, 0.2) is 11.5 Å². The summed E-state index contributed by atoms with van der Waals surface area (Å²) in [6.07, 6.45) is 2.77. The van der Waals surface area contributed by atoms with Crippen LogP contribution in [0, 0.1) is 0 Å². The molecule has 0 radical (unpaired) electrons. The molecule has 1 aliphatic rings. The van der Waals surface area contributed by atoms with Crippen LogP contribution >= 0.6 is 0 Å². The summed E-state index contributed by atoms with van der Waals surface area (Å²) >= 11 is 0. The predicted octanol–water partition coefficient (Wildman–Crippen LogP) is 2.70. The zero-order chi connectivity index (χ0) is 15.1. The maximum absolute atomic E-state index is 10.1. The van der Waals surface area contributed by atoms with E-state index in [1.165, 1.54) is 0 Å². The molecule has 1 aliphatic heterocycles. The summed E-state index contributed by atoms with van der Waals surface area (Å²) in [6.45, 7) is 8.05. The van der Waals surface area contributed by atoms with Crippen LogP contribution < -0.4 is 9.47 Å². The monoisotopic (exact) mass is 293 g/mol. The first-order valence-electron chi connectivity index (χ1n) is 7.90. The Morgan fingerprint density at radius 1 is 1.14 bits per heavy atom. The van der Waals surface area contributed by atoms with Crippen LogP contribution in [0.15, 0.2) is 24.3 Å². The fraction of sp³-hybridized carbons (Fsp3) is 0.647. The first-order valence-corrected chi connectivity index (χ1v) is 7.90. The Bertz CT molecular complexity index is 434. The minimum atomic E-state index is -0.503. The molecule has 21 heavy (non-hydrogen) atoms. The van der Waals surface area contributed by atoms with Crippen LogP contribution in [0.5, 0.6) is 11.5 Å². The highest BCUT2D eigenvalue weighted by Gasteiger charge is 2.24. The van der Waals surface area contributed by atoms with Crippen LogP contribution in [0.1, 0.15) is 33.1 Å². The number of rotatable bonds is 6. The van der Waals surface area contributed by atoms with Gasteiger partial charge in [-0.25, -0.2) is 0 Å². The van der Waals surface area contributed by atoms with E-state index in [4.69, 9.17) is 9.47 Å². The molecule has 1 aromatic rings. The molecule has 0 saturated carbocycles. The van der Waals surface area contributed by atoms with Crippen LogP contribution in [-0.2, 0) is 0 Å². The van der Waals surface area contributed by atoms with Crippen LogP contribution in [0.2, 0.25) is 0 Å². The number of ether oxygens (including phenoxy) is 2. The van der Waals surface area contributed by atoms with Gasteiger partial charge in [0.1, 0.15) is 6.61 Å². The Balaban J connectivity index is 1.79. The van der Waals surface area contributed by atoms with Gasteiger partial charge in [-0.15, -0.1) is 0 Å². The molecule has 1 aromatic carbocycles. The Morgan fingerprint density at radius 3 is 2.57 bits per heavy atom. The fourth-order valence-electron chi connectivity index (χ4n) is 2.67. The topological polar surface area (TPSA) is 41.9 Å². The maximum Gasteiger partial charge on any atom is 0.161 e. The van der Waals surface area contributed by atoms with Crippen molar-refractivity contribution in [1.29, 1.82) is 0 Å². The van der Waals surface area contributed by atoms with Crippen LogP contribution in [0.3, 0.4) is 0 Å². The second kappa shape index (κ2) is 7.66. The fourth-order valence-corrected chi connectivity index (χ4v) is 2.67. The van der Waals surface area contributed by atoms with Gasteiger partial charge in [0.25, 0.3) is 0 Å². The average molecular weight is 293 g/mol. The summed E-state index contributed by atoms with van der Waals surface area (Å²) < 4.78 is 11.4. The Morgan fingerprint density at radius 2 is 1.86 bits per heavy atom. The van der Waals surface area contributed by atoms with Crippen molar-refractivity contribution in [1.82, 2.24) is 4.90 Å². The third-order valence-corrected chi connectivity index (χ3v) is 3.97. The molecule has 0 bridgehead atoms. The summed E-state index contributed by atoms with van der Waals surface area (Å²) in [4.78, 5) is 2.37. The SMILES string of the molecule is CCOc1ccccc1OCCN1CCCC(C)(O)CC1. The summed E-state index contributed by atoms with van der Waals surface area (Å²) in [6, 6.07) is 7.79. The highest BCUT2D eigenvalue weighted by Crippen LogP contribution is 2.26. The van der Waals surface area contributed by atoms with Crippen LogP contribution in [0.25, 0.3) is 0 Å². The molecule has 0 aromatic heterocycles. The molecule has 0 spiro atoms. The number of nitrogens with zero attached hydrogens (tertiary/aromatic N) is 1. The third-order valence-electron chi connectivity index (χ3n) is 3.97. The van der Waals surface area contributed by atoms with Crippen molar-refractivity contribution in [2.75, 3.05) is 32.8 Å². The summed E-state index contributed by atoms with van der Waals surface area (Å²) in [5.41, 5.74) is -0.503. The predicted molar refractivity (Wildman–Crippen MR) is 84.0 cm³/mol. The lowest BCUT2D eigenvalue weighted by atomic mass is 9.98. The van der Waals surface area contributed by atoms with E-state index in [-0.39, 0.29) is 0 Å². The van der Waals surface area contributed by atoms with Gasteiger partial charge in [-0.1, -0.05) is 12.1 Å². The van der Waals surface area contributed by atoms with Crippen LogP contribution in [0.4, 0.5) is 0 Å². The van der Waals surface area contributed by atoms with E-state index in [0.29, 0.717) is 13.2 Å². The van der Waals surface area contributed by atoms with Crippen molar-refractivity contribution in [2.45, 2.75) is 38.7 Å². The molecular formula is C17H27NO3. The van der Waals surface area contributed by atoms with Crippen molar-refractivity contribution in [3.8, 4) is 11.5 Å². The molecule has 0 amide bonds. The molecule has 4 nitrogen and oxygen atoms in total. The van der Waals surface area contributed by atoms with Gasteiger partial charge in [0.05, 0.1) is 12.2 Å². The largest absolute Gasteiger partial charge is 0.490 e. The Kier molecular flexibility index (Phi) is 5.88. The molecule has 1 N–H and O–H groups in total. The zero-order valence-corrected chi connectivity index (χ0v) is 13.2. The second-order valence-corrected chi connectivity index (χ2v) is 5.92. The van der Waals surface area contributed by atoms with Crippen molar-refractivity contribution < 1.29 is 14.6 Å². The highest BCUT2D eigenvalue weighted by atomic mass is 16.5.